The van der Waals surface area contributed by atoms with E-state index in [1.54, 1.807) is 6.26 Å². The van der Waals surface area contributed by atoms with Crippen LogP contribution in [-0.2, 0) is 16.0 Å². The number of furan rings is 1. The van der Waals surface area contributed by atoms with E-state index < -0.39 is 0 Å². The molecule has 0 atom stereocenters. The molecule has 1 amide bonds. The minimum absolute atomic E-state index is 0.0982. The fourth-order valence-electron chi connectivity index (χ4n) is 3.15. The molecule has 1 saturated heterocycles. The Kier molecular flexibility index (Phi) is 7.19. The Morgan fingerprint density at radius 2 is 1.89 bits per heavy atom. The van der Waals surface area contributed by atoms with Crippen LogP contribution in [0.5, 0.6) is 11.5 Å². The number of hydrogen-bond acceptors (Lipinski definition) is 6. The van der Waals surface area contributed by atoms with Gasteiger partial charge in [-0.15, -0.1) is 0 Å². The van der Waals surface area contributed by atoms with Crippen LogP contribution in [-0.4, -0.2) is 45.4 Å². The van der Waals surface area contributed by atoms with Crippen molar-refractivity contribution in [3.05, 3.63) is 36.3 Å². The number of aryl methyl sites for hydroxylation is 1. The van der Waals surface area contributed by atoms with Gasteiger partial charge < -0.3 is 28.8 Å². The van der Waals surface area contributed by atoms with E-state index in [1.165, 1.54) is 0 Å². The normalized spacial score (nSPS) is 14.0. The number of morpholine rings is 1. The quantitative estimate of drug-likeness (QED) is 0.709. The third kappa shape index (κ3) is 5.19. The molecule has 1 aliphatic rings. The Balaban J connectivity index is 1.79. The first kappa shape index (κ1) is 20.1. The highest BCUT2D eigenvalue weighted by Gasteiger charge is 2.20. The number of rotatable bonds is 9. The fourth-order valence-corrected chi connectivity index (χ4v) is 3.15. The van der Waals surface area contributed by atoms with Crippen molar-refractivity contribution >= 4 is 17.3 Å². The second-order valence-corrected chi connectivity index (χ2v) is 6.41. The van der Waals surface area contributed by atoms with E-state index in [1.807, 2.05) is 38.1 Å². The Morgan fingerprint density at radius 1 is 1.14 bits per heavy atom. The van der Waals surface area contributed by atoms with E-state index in [0.717, 1.165) is 30.3 Å². The van der Waals surface area contributed by atoms with Crippen LogP contribution in [0, 0.1) is 0 Å². The standard InChI is InChI=1S/C21H28N2O5/c1-3-26-19-15-18(23-9-12-25-13-10-23)20(27-4-2)14-17(19)22-21(24)8-7-16-6-5-11-28-16/h5-6,11,14-15H,3-4,7-10,12-13H2,1-2H3,(H,22,24). The van der Waals surface area contributed by atoms with E-state index in [4.69, 9.17) is 18.6 Å². The fraction of sp³-hybridized carbons (Fsp3) is 0.476. The molecule has 1 aromatic carbocycles. The highest BCUT2D eigenvalue weighted by molar-refractivity contribution is 5.93. The van der Waals surface area contributed by atoms with Gasteiger partial charge in [0.25, 0.3) is 0 Å². The highest BCUT2D eigenvalue weighted by atomic mass is 16.5. The van der Waals surface area contributed by atoms with Gasteiger partial charge in [-0.3, -0.25) is 4.79 Å². The number of carbonyl (C=O) groups is 1. The number of nitrogens with zero attached hydrogens (tertiary/aromatic N) is 1. The Labute approximate surface area is 165 Å². The molecule has 2 aromatic rings. The molecule has 0 unspecified atom stereocenters. The second kappa shape index (κ2) is 10.0. The van der Waals surface area contributed by atoms with Gasteiger partial charge in [0, 0.05) is 38.1 Å². The van der Waals surface area contributed by atoms with Gasteiger partial charge in [-0.1, -0.05) is 0 Å². The van der Waals surface area contributed by atoms with Crippen LogP contribution in [0.25, 0.3) is 0 Å². The lowest BCUT2D eigenvalue weighted by Gasteiger charge is -2.31. The van der Waals surface area contributed by atoms with Gasteiger partial charge in [-0.05, 0) is 26.0 Å². The van der Waals surface area contributed by atoms with Gasteiger partial charge in [0.15, 0.2) is 0 Å². The predicted octanol–water partition coefficient (Wildman–Crippen LogP) is 3.48. The van der Waals surface area contributed by atoms with E-state index in [-0.39, 0.29) is 5.91 Å². The molecule has 152 valence electrons. The Hall–Kier alpha value is -2.67. The van der Waals surface area contributed by atoms with Gasteiger partial charge >= 0.3 is 0 Å². The van der Waals surface area contributed by atoms with Crippen LogP contribution in [0.2, 0.25) is 0 Å². The van der Waals surface area contributed by atoms with E-state index >= 15 is 0 Å². The number of hydrogen-bond donors (Lipinski definition) is 1. The molecule has 0 saturated carbocycles. The van der Waals surface area contributed by atoms with Crippen LogP contribution in [0.1, 0.15) is 26.0 Å². The van der Waals surface area contributed by atoms with E-state index in [0.29, 0.717) is 50.7 Å². The maximum absolute atomic E-state index is 12.4. The summed E-state index contributed by atoms with van der Waals surface area (Å²) in [5, 5.41) is 2.96. The number of carbonyl (C=O) groups excluding carboxylic acids is 1. The van der Waals surface area contributed by atoms with Gasteiger partial charge in [0.2, 0.25) is 5.91 Å². The van der Waals surface area contributed by atoms with E-state index in [9.17, 15) is 4.79 Å². The van der Waals surface area contributed by atoms with Crippen molar-refractivity contribution in [1.82, 2.24) is 0 Å². The number of ether oxygens (including phenoxy) is 3. The molecule has 2 heterocycles. The monoisotopic (exact) mass is 388 g/mol. The molecular formula is C21H28N2O5. The van der Waals surface area contributed by atoms with Crippen molar-refractivity contribution in [2.45, 2.75) is 26.7 Å². The summed E-state index contributed by atoms with van der Waals surface area (Å²) in [5.74, 6) is 2.06. The topological polar surface area (TPSA) is 73.2 Å². The first-order valence-electron chi connectivity index (χ1n) is 9.79. The molecule has 3 rings (SSSR count). The Bertz CT molecular complexity index is 754. The molecular weight excluding hydrogens is 360 g/mol. The minimum Gasteiger partial charge on any atom is -0.492 e. The average Bonchev–Trinajstić information content (AvgIpc) is 3.23. The lowest BCUT2D eigenvalue weighted by Crippen LogP contribution is -2.36. The van der Waals surface area contributed by atoms with Crippen LogP contribution >= 0.6 is 0 Å². The molecule has 1 fully saturated rings. The predicted molar refractivity (Wildman–Crippen MR) is 107 cm³/mol. The van der Waals surface area contributed by atoms with Crippen molar-refractivity contribution in [2.24, 2.45) is 0 Å². The van der Waals surface area contributed by atoms with Crippen LogP contribution < -0.4 is 19.7 Å². The Morgan fingerprint density at radius 3 is 2.57 bits per heavy atom. The van der Waals surface area contributed by atoms with Gasteiger partial charge in [0.05, 0.1) is 44.1 Å². The van der Waals surface area contributed by atoms with Gasteiger partial charge in [0.1, 0.15) is 17.3 Å². The largest absolute Gasteiger partial charge is 0.492 e. The SMILES string of the molecule is CCOc1cc(N2CCOCC2)c(OCC)cc1NC(=O)CCc1ccco1. The summed E-state index contributed by atoms with van der Waals surface area (Å²) >= 11 is 0. The summed E-state index contributed by atoms with van der Waals surface area (Å²) in [6.45, 7) is 7.86. The van der Waals surface area contributed by atoms with E-state index in [2.05, 4.69) is 10.2 Å². The molecule has 0 radical (unpaired) electrons. The first-order valence-corrected chi connectivity index (χ1v) is 9.79. The molecule has 0 aliphatic carbocycles. The summed E-state index contributed by atoms with van der Waals surface area (Å²) in [5.41, 5.74) is 1.58. The third-order valence-electron chi connectivity index (χ3n) is 4.47. The van der Waals surface area contributed by atoms with Crippen LogP contribution in [0.3, 0.4) is 0 Å². The molecule has 7 nitrogen and oxygen atoms in total. The van der Waals surface area contributed by atoms with Crippen molar-refractivity contribution in [1.29, 1.82) is 0 Å². The molecule has 1 aliphatic heterocycles. The molecule has 28 heavy (non-hydrogen) atoms. The lowest BCUT2D eigenvalue weighted by atomic mass is 10.2. The smallest absolute Gasteiger partial charge is 0.224 e. The van der Waals surface area contributed by atoms with Crippen molar-refractivity contribution in [2.75, 3.05) is 49.7 Å². The highest BCUT2D eigenvalue weighted by Crippen LogP contribution is 2.39. The molecule has 0 spiro atoms. The zero-order valence-electron chi connectivity index (χ0n) is 16.5. The summed E-state index contributed by atoms with van der Waals surface area (Å²) in [7, 11) is 0. The lowest BCUT2D eigenvalue weighted by molar-refractivity contribution is -0.116. The van der Waals surface area contributed by atoms with Gasteiger partial charge in [-0.2, -0.15) is 0 Å². The van der Waals surface area contributed by atoms with Crippen molar-refractivity contribution in [3.8, 4) is 11.5 Å². The summed E-state index contributed by atoms with van der Waals surface area (Å²) in [6, 6.07) is 7.48. The molecule has 1 aromatic heterocycles. The van der Waals surface area contributed by atoms with Crippen molar-refractivity contribution in [3.63, 3.8) is 0 Å². The number of amides is 1. The molecule has 7 heteroatoms. The van der Waals surface area contributed by atoms with Crippen LogP contribution in [0.4, 0.5) is 11.4 Å². The summed E-state index contributed by atoms with van der Waals surface area (Å²) < 4.78 is 22.4. The molecule has 1 N–H and O–H groups in total. The maximum Gasteiger partial charge on any atom is 0.224 e. The number of benzene rings is 1. The summed E-state index contributed by atoms with van der Waals surface area (Å²) in [4.78, 5) is 14.7. The maximum atomic E-state index is 12.4. The van der Waals surface area contributed by atoms with Crippen molar-refractivity contribution < 1.29 is 23.4 Å². The van der Waals surface area contributed by atoms with Gasteiger partial charge in [-0.25, -0.2) is 0 Å². The zero-order valence-corrected chi connectivity index (χ0v) is 16.5. The zero-order chi connectivity index (χ0) is 19.8. The third-order valence-corrected chi connectivity index (χ3v) is 4.47. The van der Waals surface area contributed by atoms with Crippen LogP contribution in [0.15, 0.2) is 34.9 Å². The summed E-state index contributed by atoms with van der Waals surface area (Å²) in [6.07, 6.45) is 2.49. The second-order valence-electron chi connectivity index (χ2n) is 6.41. The molecule has 0 bridgehead atoms. The number of anilines is 2. The first-order chi connectivity index (χ1) is 13.7. The average molecular weight is 388 g/mol. The number of nitrogens with one attached hydrogen (secondary N) is 1. The minimum atomic E-state index is -0.0982.